The number of carbonyl (C=O) groups excluding carboxylic acids is 2. The van der Waals surface area contributed by atoms with Crippen LogP contribution in [0.15, 0.2) is 10.6 Å². The van der Waals surface area contributed by atoms with Crippen molar-refractivity contribution in [2.24, 2.45) is 0 Å². The lowest BCUT2D eigenvalue weighted by Crippen LogP contribution is -2.24. The fraction of sp³-hybridized carbons (Fsp3) is 0.444. The molecule has 0 aliphatic heterocycles. The molecule has 0 radical (unpaired) electrons. The second-order valence-corrected chi connectivity index (χ2v) is 3.09. The lowest BCUT2D eigenvalue weighted by molar-refractivity contribution is -0.127. The van der Waals surface area contributed by atoms with E-state index >= 15 is 0 Å². The van der Waals surface area contributed by atoms with Gasteiger partial charge in [0.25, 0.3) is 0 Å². The summed E-state index contributed by atoms with van der Waals surface area (Å²) in [5, 5.41) is 6.21. The Kier molecular flexibility index (Phi) is 3.39. The normalized spacial score (nSPS) is 9.86. The highest BCUT2D eigenvalue weighted by Gasteiger charge is 2.06. The van der Waals surface area contributed by atoms with Crippen LogP contribution in [-0.2, 0) is 16.1 Å². The summed E-state index contributed by atoms with van der Waals surface area (Å²) < 4.78 is 4.87. The van der Waals surface area contributed by atoms with Crippen molar-refractivity contribution in [1.82, 2.24) is 10.5 Å². The SMILES string of the molecule is CC(=O)CC(=O)NCc1cc(C)no1. The second-order valence-electron chi connectivity index (χ2n) is 3.09. The van der Waals surface area contributed by atoms with Gasteiger partial charge in [-0.2, -0.15) is 0 Å². The molecule has 5 heteroatoms. The summed E-state index contributed by atoms with van der Waals surface area (Å²) in [5.74, 6) is 0.127. The number of amides is 1. The Bertz CT molecular complexity index is 344. The minimum absolute atomic E-state index is 0.0902. The van der Waals surface area contributed by atoms with Gasteiger partial charge in [0.2, 0.25) is 5.91 Å². The van der Waals surface area contributed by atoms with Crippen molar-refractivity contribution < 1.29 is 14.1 Å². The Hall–Kier alpha value is -1.65. The second kappa shape index (κ2) is 4.55. The summed E-state index contributed by atoms with van der Waals surface area (Å²) in [6.07, 6.45) is -0.0902. The van der Waals surface area contributed by atoms with Gasteiger partial charge in [-0.15, -0.1) is 0 Å². The van der Waals surface area contributed by atoms with Crippen LogP contribution in [0.5, 0.6) is 0 Å². The Labute approximate surface area is 81.5 Å². The lowest BCUT2D eigenvalue weighted by Gasteiger charge is -1.99. The van der Waals surface area contributed by atoms with Crippen LogP contribution >= 0.6 is 0 Å². The summed E-state index contributed by atoms with van der Waals surface area (Å²) >= 11 is 0. The molecule has 14 heavy (non-hydrogen) atoms. The Morgan fingerprint density at radius 2 is 2.29 bits per heavy atom. The van der Waals surface area contributed by atoms with Crippen molar-refractivity contribution in [3.8, 4) is 0 Å². The van der Waals surface area contributed by atoms with E-state index in [2.05, 4.69) is 10.5 Å². The summed E-state index contributed by atoms with van der Waals surface area (Å²) in [7, 11) is 0. The van der Waals surface area contributed by atoms with Crippen molar-refractivity contribution >= 4 is 11.7 Å². The number of nitrogens with zero attached hydrogens (tertiary/aromatic N) is 1. The first-order valence-corrected chi connectivity index (χ1v) is 4.26. The third-order valence-corrected chi connectivity index (χ3v) is 1.55. The quantitative estimate of drug-likeness (QED) is 0.715. The molecule has 0 unspecified atom stereocenters. The molecule has 1 aromatic heterocycles. The maximum absolute atomic E-state index is 11.0. The highest BCUT2D eigenvalue weighted by atomic mass is 16.5. The topological polar surface area (TPSA) is 72.2 Å². The minimum Gasteiger partial charge on any atom is -0.359 e. The van der Waals surface area contributed by atoms with Crippen molar-refractivity contribution in [3.05, 3.63) is 17.5 Å². The van der Waals surface area contributed by atoms with E-state index in [-0.39, 0.29) is 24.7 Å². The number of aryl methyl sites for hydroxylation is 1. The fourth-order valence-electron chi connectivity index (χ4n) is 0.974. The van der Waals surface area contributed by atoms with Crippen LogP contribution in [0, 0.1) is 6.92 Å². The lowest BCUT2D eigenvalue weighted by atomic mass is 10.3. The average molecular weight is 196 g/mol. The molecule has 1 rings (SSSR count). The molecular formula is C9H12N2O3. The Balaban J connectivity index is 2.34. The van der Waals surface area contributed by atoms with Crippen molar-refractivity contribution in [2.45, 2.75) is 26.8 Å². The van der Waals surface area contributed by atoms with Gasteiger partial charge in [0.1, 0.15) is 5.78 Å². The Morgan fingerprint density at radius 3 is 2.79 bits per heavy atom. The first kappa shape index (κ1) is 10.4. The molecule has 1 N–H and O–H groups in total. The van der Waals surface area contributed by atoms with E-state index in [1.54, 1.807) is 13.0 Å². The maximum Gasteiger partial charge on any atom is 0.227 e. The molecule has 0 atom stereocenters. The average Bonchev–Trinajstić information content (AvgIpc) is 2.47. The molecule has 0 saturated heterocycles. The van der Waals surface area contributed by atoms with E-state index in [9.17, 15) is 9.59 Å². The van der Waals surface area contributed by atoms with E-state index in [0.29, 0.717) is 5.76 Å². The molecule has 0 bridgehead atoms. The van der Waals surface area contributed by atoms with E-state index in [4.69, 9.17) is 4.52 Å². The molecule has 5 nitrogen and oxygen atoms in total. The molecule has 0 aliphatic carbocycles. The number of hydrogen-bond acceptors (Lipinski definition) is 4. The molecule has 76 valence electrons. The fourth-order valence-corrected chi connectivity index (χ4v) is 0.974. The van der Waals surface area contributed by atoms with Crippen molar-refractivity contribution in [2.75, 3.05) is 0 Å². The van der Waals surface area contributed by atoms with Gasteiger partial charge in [-0.1, -0.05) is 5.16 Å². The zero-order chi connectivity index (χ0) is 10.6. The van der Waals surface area contributed by atoms with Crippen LogP contribution in [0.1, 0.15) is 24.8 Å². The number of nitrogens with one attached hydrogen (secondary N) is 1. The minimum atomic E-state index is -0.299. The summed E-state index contributed by atoms with van der Waals surface area (Å²) in [4.78, 5) is 21.6. The van der Waals surface area contributed by atoms with E-state index < -0.39 is 0 Å². The number of hydrogen-bond donors (Lipinski definition) is 1. The number of ketones is 1. The van der Waals surface area contributed by atoms with Crippen LogP contribution in [0.3, 0.4) is 0 Å². The number of Topliss-reactive ketones (excluding diaryl/α,β-unsaturated/α-hetero) is 1. The Morgan fingerprint density at radius 1 is 1.57 bits per heavy atom. The van der Waals surface area contributed by atoms with Gasteiger partial charge in [0, 0.05) is 6.07 Å². The van der Waals surface area contributed by atoms with Gasteiger partial charge >= 0.3 is 0 Å². The van der Waals surface area contributed by atoms with Crippen molar-refractivity contribution in [3.63, 3.8) is 0 Å². The molecule has 0 fully saturated rings. The van der Waals surface area contributed by atoms with Crippen LogP contribution in [-0.4, -0.2) is 16.8 Å². The zero-order valence-electron chi connectivity index (χ0n) is 8.16. The first-order chi connectivity index (χ1) is 6.58. The number of rotatable bonds is 4. The summed E-state index contributed by atoms with van der Waals surface area (Å²) in [6, 6.07) is 1.73. The molecule has 0 spiro atoms. The van der Waals surface area contributed by atoms with Crippen LogP contribution in [0.4, 0.5) is 0 Å². The van der Waals surface area contributed by atoms with E-state index in [1.165, 1.54) is 6.92 Å². The van der Waals surface area contributed by atoms with Crippen LogP contribution in [0.25, 0.3) is 0 Å². The standard InChI is InChI=1S/C9H12N2O3/c1-6-3-8(14-11-6)5-10-9(13)4-7(2)12/h3H,4-5H2,1-2H3,(H,10,13). The molecule has 1 heterocycles. The van der Waals surface area contributed by atoms with Gasteiger partial charge in [-0.25, -0.2) is 0 Å². The molecular weight excluding hydrogens is 184 g/mol. The highest BCUT2D eigenvalue weighted by molar-refractivity contribution is 5.96. The van der Waals surface area contributed by atoms with Gasteiger partial charge < -0.3 is 9.84 Å². The van der Waals surface area contributed by atoms with Gasteiger partial charge in [-0.3, -0.25) is 9.59 Å². The summed E-state index contributed by atoms with van der Waals surface area (Å²) in [6.45, 7) is 3.44. The van der Waals surface area contributed by atoms with Gasteiger partial charge in [0.05, 0.1) is 18.7 Å². The van der Waals surface area contributed by atoms with Crippen LogP contribution < -0.4 is 5.32 Å². The van der Waals surface area contributed by atoms with E-state index in [0.717, 1.165) is 5.69 Å². The van der Waals surface area contributed by atoms with E-state index in [1.807, 2.05) is 0 Å². The van der Waals surface area contributed by atoms with Crippen molar-refractivity contribution in [1.29, 1.82) is 0 Å². The first-order valence-electron chi connectivity index (χ1n) is 4.26. The third kappa shape index (κ3) is 3.38. The molecule has 0 aliphatic rings. The maximum atomic E-state index is 11.0. The number of carbonyl (C=O) groups is 2. The molecule has 0 aromatic carbocycles. The summed E-state index contributed by atoms with van der Waals surface area (Å²) in [5.41, 5.74) is 0.765. The van der Waals surface area contributed by atoms with Gasteiger partial charge in [-0.05, 0) is 13.8 Å². The van der Waals surface area contributed by atoms with Gasteiger partial charge in [0.15, 0.2) is 5.76 Å². The number of aromatic nitrogens is 1. The molecule has 0 saturated carbocycles. The van der Waals surface area contributed by atoms with Crippen LogP contribution in [0.2, 0.25) is 0 Å². The monoisotopic (exact) mass is 196 g/mol. The predicted octanol–water partition coefficient (Wildman–Crippen LogP) is 0.578. The largest absolute Gasteiger partial charge is 0.359 e. The predicted molar refractivity (Wildman–Crippen MR) is 48.4 cm³/mol. The highest BCUT2D eigenvalue weighted by Crippen LogP contribution is 2.00. The zero-order valence-corrected chi connectivity index (χ0v) is 8.16. The smallest absolute Gasteiger partial charge is 0.227 e. The third-order valence-electron chi connectivity index (χ3n) is 1.55. The molecule has 1 amide bonds. The molecule has 1 aromatic rings.